The summed E-state index contributed by atoms with van der Waals surface area (Å²) in [5.41, 5.74) is 7.59. The summed E-state index contributed by atoms with van der Waals surface area (Å²) in [6.45, 7) is 4.98. The Labute approximate surface area is 205 Å². The van der Waals surface area contributed by atoms with Crippen molar-refractivity contribution < 1.29 is 14.6 Å². The molecular weight excluding hydrogens is 442 g/mol. The van der Waals surface area contributed by atoms with Crippen molar-refractivity contribution >= 4 is 22.6 Å². The van der Waals surface area contributed by atoms with Crippen molar-refractivity contribution in [1.29, 1.82) is 0 Å². The maximum atomic E-state index is 12.6. The number of nitrogen functional groups attached to an aromatic ring is 1. The second-order valence-corrected chi connectivity index (χ2v) is 10.2. The quantitative estimate of drug-likeness (QED) is 0.415. The highest BCUT2D eigenvalue weighted by Gasteiger charge is 2.38. The Morgan fingerprint density at radius 1 is 1.34 bits per heavy atom. The summed E-state index contributed by atoms with van der Waals surface area (Å²) in [6.07, 6.45) is 4.87. The minimum Gasteiger partial charge on any atom is -0.390 e. The lowest BCUT2D eigenvalue weighted by Crippen LogP contribution is -2.47. The molecule has 186 valence electrons. The number of morpholine rings is 1. The molecule has 5 N–H and O–H groups in total. The summed E-state index contributed by atoms with van der Waals surface area (Å²) >= 11 is 0. The van der Waals surface area contributed by atoms with Crippen molar-refractivity contribution in [3.8, 4) is 0 Å². The lowest BCUT2D eigenvalue weighted by Gasteiger charge is -2.39. The number of anilines is 1. The zero-order chi connectivity index (χ0) is 24.4. The first-order chi connectivity index (χ1) is 16.9. The van der Waals surface area contributed by atoms with Gasteiger partial charge in [0.05, 0.1) is 18.3 Å². The minimum absolute atomic E-state index is 0.0369. The average Bonchev–Trinajstić information content (AvgIpc) is 3.47. The molecule has 1 aliphatic heterocycles. The predicted molar refractivity (Wildman–Crippen MR) is 136 cm³/mol. The van der Waals surface area contributed by atoms with Crippen molar-refractivity contribution in [3.05, 3.63) is 59.9 Å². The smallest absolute Gasteiger partial charge is 0.267 e. The van der Waals surface area contributed by atoms with Crippen LogP contribution in [0.3, 0.4) is 0 Å². The summed E-state index contributed by atoms with van der Waals surface area (Å²) in [7, 11) is 0. The van der Waals surface area contributed by atoms with Gasteiger partial charge >= 0.3 is 0 Å². The Balaban J connectivity index is 1.11. The Morgan fingerprint density at radius 3 is 3.00 bits per heavy atom. The molecule has 8 heteroatoms. The molecule has 0 spiro atoms. The molecule has 4 atom stereocenters. The summed E-state index contributed by atoms with van der Waals surface area (Å²) < 4.78 is 6.04. The predicted octanol–water partition coefficient (Wildman–Crippen LogP) is 3.26. The molecule has 1 saturated heterocycles. The third-order valence-electron chi connectivity index (χ3n) is 7.62. The Hall–Kier alpha value is -2.94. The molecule has 2 fully saturated rings. The maximum absolute atomic E-state index is 12.6. The summed E-state index contributed by atoms with van der Waals surface area (Å²) in [4.78, 5) is 22.4. The van der Waals surface area contributed by atoms with Crippen molar-refractivity contribution in [2.45, 2.75) is 50.4 Å². The number of nitrogens with two attached hydrogens (primary N) is 1. The highest BCUT2D eigenvalue weighted by molar-refractivity contribution is 5.97. The number of hydrogen-bond donors (Lipinski definition) is 4. The third-order valence-corrected chi connectivity index (χ3v) is 7.62. The van der Waals surface area contributed by atoms with Crippen LogP contribution in [-0.4, -0.2) is 63.8 Å². The van der Waals surface area contributed by atoms with Gasteiger partial charge in [-0.15, -0.1) is 0 Å². The Bertz CT molecular complexity index is 1130. The molecule has 1 aromatic carbocycles. The number of aromatic amines is 1. The molecule has 2 aromatic heterocycles. The number of pyridine rings is 1. The maximum Gasteiger partial charge on any atom is 0.267 e. The standard InChI is InChI=1S/C27H35N5O3/c1-18-17-35-24(21-6-7-25(28)29-15-21)16-32(18)11-10-27(34)9-8-19(13-27)14-30-26(33)23-12-20-4-2-3-5-22(20)31-23/h2-7,12,15,18-19,24,31,34H,8-11,13-14,16-17H2,1H3,(H2,28,29)(H,30,33)/t18-,19+,24+,27?/m0/s1. The zero-order valence-electron chi connectivity index (χ0n) is 20.2. The van der Waals surface area contributed by atoms with E-state index in [2.05, 4.69) is 27.1 Å². The number of amides is 1. The molecule has 1 saturated carbocycles. The molecule has 2 aliphatic rings. The number of carbonyl (C=O) groups is 1. The van der Waals surface area contributed by atoms with Gasteiger partial charge in [-0.1, -0.05) is 24.3 Å². The number of hydrogen-bond acceptors (Lipinski definition) is 6. The van der Waals surface area contributed by atoms with Crippen LogP contribution in [0.15, 0.2) is 48.7 Å². The number of nitrogens with zero attached hydrogens (tertiary/aromatic N) is 2. The van der Waals surface area contributed by atoms with Crippen LogP contribution in [-0.2, 0) is 4.74 Å². The molecule has 0 bridgehead atoms. The van der Waals surface area contributed by atoms with Gasteiger partial charge in [0.15, 0.2) is 0 Å². The molecule has 3 aromatic rings. The highest BCUT2D eigenvalue weighted by atomic mass is 16.5. The number of H-pyrrole nitrogens is 1. The number of aromatic nitrogens is 2. The first-order valence-corrected chi connectivity index (χ1v) is 12.5. The number of para-hydroxylation sites is 1. The third kappa shape index (κ3) is 5.50. The van der Waals surface area contributed by atoms with Crippen LogP contribution in [0, 0.1) is 5.92 Å². The van der Waals surface area contributed by atoms with E-state index in [0.717, 1.165) is 48.8 Å². The molecule has 3 heterocycles. The van der Waals surface area contributed by atoms with Crippen molar-refractivity contribution in [3.63, 3.8) is 0 Å². The second kappa shape index (κ2) is 9.97. The normalized spacial score (nSPS) is 27.3. The van der Waals surface area contributed by atoms with E-state index in [1.807, 2.05) is 36.4 Å². The van der Waals surface area contributed by atoms with E-state index in [-0.39, 0.29) is 17.9 Å². The molecule has 8 nitrogen and oxygen atoms in total. The topological polar surface area (TPSA) is 116 Å². The second-order valence-electron chi connectivity index (χ2n) is 10.2. The summed E-state index contributed by atoms with van der Waals surface area (Å²) in [5.74, 6) is 0.691. The largest absolute Gasteiger partial charge is 0.390 e. The Morgan fingerprint density at radius 2 is 2.20 bits per heavy atom. The van der Waals surface area contributed by atoms with Crippen molar-refractivity contribution in [2.24, 2.45) is 5.92 Å². The number of carbonyl (C=O) groups excluding carboxylic acids is 1. The Kier molecular flexibility index (Phi) is 6.77. The summed E-state index contributed by atoms with van der Waals surface area (Å²) in [6, 6.07) is 13.8. The van der Waals surface area contributed by atoms with Gasteiger partial charge in [-0.25, -0.2) is 4.98 Å². The number of aliphatic hydroxyl groups is 1. The van der Waals surface area contributed by atoms with Crippen molar-refractivity contribution in [2.75, 3.05) is 32.0 Å². The van der Waals surface area contributed by atoms with Gasteiger partial charge in [0.1, 0.15) is 11.5 Å². The number of nitrogens with one attached hydrogen (secondary N) is 2. The van der Waals surface area contributed by atoms with E-state index in [1.54, 1.807) is 12.3 Å². The number of benzene rings is 1. The fraction of sp³-hybridized carbons (Fsp3) is 0.481. The number of fused-ring (bicyclic) bond motifs is 1. The molecule has 5 rings (SSSR count). The van der Waals surface area contributed by atoms with Gasteiger partial charge < -0.3 is 25.9 Å². The number of rotatable bonds is 7. The lowest BCUT2D eigenvalue weighted by atomic mass is 9.95. The fourth-order valence-corrected chi connectivity index (χ4v) is 5.42. The van der Waals surface area contributed by atoms with E-state index in [1.165, 1.54) is 0 Å². The van der Waals surface area contributed by atoms with Crippen LogP contribution in [0.2, 0.25) is 0 Å². The first kappa shape index (κ1) is 23.8. The van der Waals surface area contributed by atoms with Gasteiger partial charge in [0.25, 0.3) is 5.91 Å². The van der Waals surface area contributed by atoms with Gasteiger partial charge in [0.2, 0.25) is 0 Å². The van der Waals surface area contributed by atoms with E-state index in [9.17, 15) is 9.90 Å². The highest BCUT2D eigenvalue weighted by Crippen LogP contribution is 2.37. The van der Waals surface area contributed by atoms with Crippen LogP contribution in [0.4, 0.5) is 5.82 Å². The van der Waals surface area contributed by atoms with Gasteiger partial charge in [-0.05, 0) is 56.7 Å². The minimum atomic E-state index is -0.688. The zero-order valence-corrected chi connectivity index (χ0v) is 20.2. The fourth-order valence-electron chi connectivity index (χ4n) is 5.42. The van der Waals surface area contributed by atoms with E-state index < -0.39 is 5.60 Å². The summed E-state index contributed by atoms with van der Waals surface area (Å²) in [5, 5.41) is 15.4. The monoisotopic (exact) mass is 477 g/mol. The molecular formula is C27H35N5O3. The van der Waals surface area contributed by atoms with Gasteiger partial charge in [-0.2, -0.15) is 0 Å². The molecule has 1 amide bonds. The van der Waals surface area contributed by atoms with Crippen LogP contribution >= 0.6 is 0 Å². The number of ether oxygens (including phenoxy) is 1. The first-order valence-electron chi connectivity index (χ1n) is 12.5. The average molecular weight is 478 g/mol. The van der Waals surface area contributed by atoms with Gasteiger partial charge in [0, 0.05) is 48.3 Å². The van der Waals surface area contributed by atoms with E-state index in [0.29, 0.717) is 37.1 Å². The van der Waals surface area contributed by atoms with Crippen LogP contribution in [0.25, 0.3) is 10.9 Å². The lowest BCUT2D eigenvalue weighted by molar-refractivity contribution is -0.0693. The van der Waals surface area contributed by atoms with E-state index in [4.69, 9.17) is 10.5 Å². The SMILES string of the molecule is C[C@H]1CO[C@@H](c2ccc(N)nc2)CN1CCC1(O)CC[C@@H](CNC(=O)c2cc3ccccc3[nH]2)C1. The van der Waals surface area contributed by atoms with Crippen LogP contribution in [0.1, 0.15) is 54.8 Å². The van der Waals surface area contributed by atoms with E-state index >= 15 is 0 Å². The van der Waals surface area contributed by atoms with Crippen LogP contribution in [0.5, 0.6) is 0 Å². The molecule has 35 heavy (non-hydrogen) atoms. The van der Waals surface area contributed by atoms with Crippen molar-refractivity contribution in [1.82, 2.24) is 20.2 Å². The van der Waals surface area contributed by atoms with Crippen LogP contribution < -0.4 is 11.1 Å². The molecule has 1 unspecified atom stereocenters. The molecule has 0 radical (unpaired) electrons. The molecule has 1 aliphatic carbocycles. The van der Waals surface area contributed by atoms with Gasteiger partial charge in [-0.3, -0.25) is 9.69 Å².